The van der Waals surface area contributed by atoms with Gasteiger partial charge in [-0.15, -0.1) is 22.7 Å². The van der Waals surface area contributed by atoms with Crippen molar-refractivity contribution in [3.63, 3.8) is 0 Å². The van der Waals surface area contributed by atoms with Gasteiger partial charge in [0.05, 0.1) is 20.8 Å². The van der Waals surface area contributed by atoms with Crippen molar-refractivity contribution in [3.8, 4) is 0 Å². The minimum Gasteiger partial charge on any atom is -0.397 e. The quantitative estimate of drug-likeness (QED) is 0.237. The molecule has 0 aliphatic carbocycles. The largest absolute Gasteiger partial charge is 0.397 e. The molecule has 0 unspecified atom stereocenters. The number of fused-ring (bicyclic) bond motifs is 1. The summed E-state index contributed by atoms with van der Waals surface area (Å²) in [4.78, 5) is 26.1. The Hall–Kier alpha value is -2.40. The topological polar surface area (TPSA) is 110 Å². The van der Waals surface area contributed by atoms with E-state index >= 15 is 0 Å². The minimum absolute atomic E-state index is 0.276. The summed E-state index contributed by atoms with van der Waals surface area (Å²) in [6.07, 6.45) is 0. The van der Waals surface area contributed by atoms with Crippen LogP contribution < -0.4 is 22.1 Å². The molecule has 10 heteroatoms. The van der Waals surface area contributed by atoms with Gasteiger partial charge in [0.15, 0.2) is 0 Å². The van der Waals surface area contributed by atoms with Crippen LogP contribution in [0.25, 0.3) is 9.40 Å². The van der Waals surface area contributed by atoms with Crippen LogP contribution in [0.2, 0.25) is 0 Å². The van der Waals surface area contributed by atoms with Crippen LogP contribution in [-0.4, -0.2) is 11.8 Å². The van der Waals surface area contributed by atoms with Crippen molar-refractivity contribution in [2.45, 2.75) is 0 Å². The van der Waals surface area contributed by atoms with E-state index in [1.807, 2.05) is 24.3 Å². The van der Waals surface area contributed by atoms with Gasteiger partial charge in [-0.05, 0) is 36.4 Å². The lowest BCUT2D eigenvalue weighted by molar-refractivity contribution is 0.102. The molecule has 0 atom stereocenters. The summed E-state index contributed by atoms with van der Waals surface area (Å²) < 4.78 is 2.43. The van der Waals surface area contributed by atoms with E-state index in [0.29, 0.717) is 26.5 Å². The molecule has 2 aromatic heterocycles. The molecule has 2 aromatic carbocycles. The highest BCUT2D eigenvalue weighted by Crippen LogP contribution is 2.45. The maximum Gasteiger partial charge on any atom is 0.267 e. The van der Waals surface area contributed by atoms with Crippen LogP contribution in [0, 0.1) is 0 Å². The molecule has 0 saturated carbocycles. The Labute approximate surface area is 196 Å². The van der Waals surface area contributed by atoms with Crippen LogP contribution in [-0.2, 0) is 0 Å². The molecular weight excluding hydrogens is 552 g/mol. The Morgan fingerprint density at radius 2 is 1.20 bits per heavy atom. The highest BCUT2D eigenvalue weighted by Gasteiger charge is 2.25. The predicted octanol–water partition coefficient (Wildman–Crippen LogP) is 6.16. The van der Waals surface area contributed by atoms with Gasteiger partial charge in [0.1, 0.15) is 9.75 Å². The first kappa shape index (κ1) is 20.9. The summed E-state index contributed by atoms with van der Waals surface area (Å²) in [5, 5.41) is 6.20. The van der Waals surface area contributed by atoms with Gasteiger partial charge in [0.2, 0.25) is 0 Å². The summed E-state index contributed by atoms with van der Waals surface area (Å²) in [6.45, 7) is 0. The molecule has 0 aliphatic rings. The number of anilines is 4. The van der Waals surface area contributed by atoms with E-state index < -0.39 is 0 Å². The zero-order valence-electron chi connectivity index (χ0n) is 15.2. The van der Waals surface area contributed by atoms with E-state index in [-0.39, 0.29) is 23.2 Å². The number of nitrogens with one attached hydrogen (secondary N) is 2. The molecule has 30 heavy (non-hydrogen) atoms. The Morgan fingerprint density at radius 3 is 1.57 bits per heavy atom. The molecule has 6 nitrogen and oxygen atoms in total. The maximum atomic E-state index is 12.7. The van der Waals surface area contributed by atoms with Crippen LogP contribution in [0.15, 0.2) is 57.5 Å². The zero-order valence-corrected chi connectivity index (χ0v) is 20.0. The number of rotatable bonds is 4. The van der Waals surface area contributed by atoms with Gasteiger partial charge in [-0.1, -0.05) is 44.0 Å². The second kappa shape index (κ2) is 8.38. The smallest absolute Gasteiger partial charge is 0.267 e. The summed E-state index contributed by atoms with van der Waals surface area (Å²) in [5.41, 5.74) is 14.3. The summed E-state index contributed by atoms with van der Waals surface area (Å²) in [5.74, 6) is -0.642. The van der Waals surface area contributed by atoms with Gasteiger partial charge in [0, 0.05) is 20.3 Å². The number of halogens is 2. The molecule has 4 rings (SSSR count). The summed E-state index contributed by atoms with van der Waals surface area (Å²) in [6, 6.07) is 14.5. The van der Waals surface area contributed by atoms with Gasteiger partial charge < -0.3 is 22.1 Å². The second-order valence-corrected chi connectivity index (χ2v) is 10.4. The number of thiophene rings is 2. The van der Waals surface area contributed by atoms with E-state index in [9.17, 15) is 9.59 Å². The lowest BCUT2D eigenvalue weighted by Gasteiger charge is -2.06. The van der Waals surface area contributed by atoms with E-state index in [0.717, 1.165) is 13.0 Å². The Kier molecular flexibility index (Phi) is 5.83. The molecule has 0 fully saturated rings. The third-order valence-electron chi connectivity index (χ3n) is 4.20. The van der Waals surface area contributed by atoms with Gasteiger partial charge in [-0.3, -0.25) is 9.59 Å². The molecule has 6 N–H and O–H groups in total. The molecule has 0 bridgehead atoms. The van der Waals surface area contributed by atoms with Crippen molar-refractivity contribution in [1.29, 1.82) is 0 Å². The van der Waals surface area contributed by atoms with E-state index in [1.54, 1.807) is 24.3 Å². The number of amides is 2. The van der Waals surface area contributed by atoms with Gasteiger partial charge in [-0.2, -0.15) is 0 Å². The highest BCUT2D eigenvalue weighted by molar-refractivity contribution is 9.10. The van der Waals surface area contributed by atoms with E-state index in [4.69, 9.17) is 11.5 Å². The lowest BCUT2D eigenvalue weighted by atomic mass is 10.2. The second-order valence-electron chi connectivity index (χ2n) is 6.28. The minimum atomic E-state index is -0.321. The highest BCUT2D eigenvalue weighted by atomic mass is 79.9. The maximum absolute atomic E-state index is 12.7. The number of hydrogen-bond donors (Lipinski definition) is 4. The third-order valence-corrected chi connectivity index (χ3v) is 7.68. The van der Waals surface area contributed by atoms with Crippen molar-refractivity contribution in [2.75, 3.05) is 22.1 Å². The number of carbonyl (C=O) groups excluding carboxylic acids is 2. The fourth-order valence-electron chi connectivity index (χ4n) is 2.86. The monoisotopic (exact) mass is 564 g/mol. The molecule has 2 heterocycles. The number of benzene rings is 2. The predicted molar refractivity (Wildman–Crippen MR) is 133 cm³/mol. The number of carbonyl (C=O) groups is 2. The van der Waals surface area contributed by atoms with Crippen molar-refractivity contribution in [2.24, 2.45) is 0 Å². The van der Waals surface area contributed by atoms with Gasteiger partial charge in [-0.25, -0.2) is 0 Å². The average Bonchev–Trinajstić information content (AvgIpc) is 3.19. The fraction of sp³-hybridized carbons (Fsp3) is 0. The average molecular weight is 566 g/mol. The van der Waals surface area contributed by atoms with Gasteiger partial charge >= 0.3 is 0 Å². The Balaban J connectivity index is 1.61. The van der Waals surface area contributed by atoms with Crippen molar-refractivity contribution >= 4 is 98.5 Å². The van der Waals surface area contributed by atoms with Crippen molar-refractivity contribution < 1.29 is 9.59 Å². The first-order valence-corrected chi connectivity index (χ1v) is 11.8. The first-order valence-electron chi connectivity index (χ1n) is 8.57. The zero-order chi connectivity index (χ0) is 21.4. The SMILES string of the molecule is Nc1c(C(=O)Nc2cccc(Br)c2)sc2sc(C(=O)Nc3cccc(Br)c3)c(N)c12. The van der Waals surface area contributed by atoms with Crippen LogP contribution >= 0.6 is 54.5 Å². The molecular formula is C20H14Br2N4O2S2. The van der Waals surface area contributed by atoms with E-state index in [1.165, 1.54) is 22.7 Å². The summed E-state index contributed by atoms with van der Waals surface area (Å²) in [7, 11) is 0. The van der Waals surface area contributed by atoms with Crippen LogP contribution in [0.5, 0.6) is 0 Å². The number of nitrogen functional groups attached to an aromatic ring is 2. The van der Waals surface area contributed by atoms with Crippen LogP contribution in [0.1, 0.15) is 19.3 Å². The Morgan fingerprint density at radius 1 is 0.767 bits per heavy atom. The third kappa shape index (κ3) is 4.08. The summed E-state index contributed by atoms with van der Waals surface area (Å²) >= 11 is 9.19. The molecule has 0 spiro atoms. The number of nitrogens with two attached hydrogens (primary N) is 2. The fourth-order valence-corrected chi connectivity index (χ4v) is 6.05. The van der Waals surface area contributed by atoms with Crippen molar-refractivity contribution in [3.05, 3.63) is 67.2 Å². The number of hydrogen-bond acceptors (Lipinski definition) is 6. The lowest BCUT2D eigenvalue weighted by Crippen LogP contribution is -2.13. The molecule has 0 radical (unpaired) electrons. The molecule has 152 valence electrons. The van der Waals surface area contributed by atoms with Crippen molar-refractivity contribution in [1.82, 2.24) is 0 Å². The standard InChI is InChI=1S/C20H14Br2N4O2S2/c21-9-3-1-5-11(7-9)25-18(27)16-14(23)13-15(24)17(30-20(13)29-16)19(28)26-12-6-2-4-10(22)8-12/h1-8H,23-24H2,(H,25,27)(H,26,28). The van der Waals surface area contributed by atoms with Gasteiger partial charge in [0.25, 0.3) is 11.8 Å². The molecule has 4 aromatic rings. The van der Waals surface area contributed by atoms with Crippen LogP contribution in [0.4, 0.5) is 22.7 Å². The molecule has 2 amide bonds. The molecule has 0 saturated heterocycles. The Bertz CT molecular complexity index is 1200. The van der Waals surface area contributed by atoms with Crippen LogP contribution in [0.3, 0.4) is 0 Å². The van der Waals surface area contributed by atoms with E-state index in [2.05, 4.69) is 42.5 Å². The normalized spacial score (nSPS) is 10.9. The first-order chi connectivity index (χ1) is 14.3. The molecule has 0 aliphatic heterocycles.